The van der Waals surface area contributed by atoms with Crippen molar-refractivity contribution in [3.05, 3.63) is 24.2 Å². The maximum atomic E-state index is 13.2. The normalized spacial score (nSPS) is 45.7. The number of hydrogen-bond donors (Lipinski definition) is 1. The van der Waals surface area contributed by atoms with Crippen LogP contribution in [-0.4, -0.2) is 35.5 Å². The van der Waals surface area contributed by atoms with Gasteiger partial charge in [0.05, 0.1) is 30.5 Å². The van der Waals surface area contributed by atoms with Gasteiger partial charge in [-0.05, 0) is 24.3 Å². The van der Waals surface area contributed by atoms with E-state index in [4.69, 9.17) is 13.9 Å². The summed E-state index contributed by atoms with van der Waals surface area (Å²) >= 11 is 0. The van der Waals surface area contributed by atoms with Crippen LogP contribution in [0.3, 0.4) is 0 Å². The molecule has 2 aliphatic heterocycles. The molecule has 2 aliphatic carbocycles. The molecule has 144 valence electrons. The van der Waals surface area contributed by atoms with Crippen LogP contribution >= 0.6 is 0 Å². The number of ketones is 1. The fraction of sp³-hybridized carbons (Fsp3) is 0.650. The number of furan rings is 1. The van der Waals surface area contributed by atoms with Crippen molar-refractivity contribution in [1.82, 2.24) is 0 Å². The Morgan fingerprint density at radius 2 is 2.04 bits per heavy atom. The molecule has 1 spiro atoms. The molecule has 0 bridgehead atoms. The van der Waals surface area contributed by atoms with Crippen molar-refractivity contribution in [1.29, 1.82) is 0 Å². The smallest absolute Gasteiger partial charge is 0.313 e. The van der Waals surface area contributed by atoms with E-state index >= 15 is 0 Å². The minimum absolute atomic E-state index is 0.0558. The van der Waals surface area contributed by atoms with Crippen LogP contribution in [0, 0.1) is 28.6 Å². The van der Waals surface area contributed by atoms with E-state index in [2.05, 4.69) is 0 Å². The van der Waals surface area contributed by atoms with Gasteiger partial charge in [-0.1, -0.05) is 6.92 Å². The molecule has 5 rings (SSSR count). The quantitative estimate of drug-likeness (QED) is 0.787. The summed E-state index contributed by atoms with van der Waals surface area (Å²) in [5, 5.41) is 10.4. The zero-order valence-electron chi connectivity index (χ0n) is 15.1. The SMILES string of the molecule is CC1CC2OC(=O)C3CC(=O)CC(C14CC(c1ccoc1)OC4=O)C23CO. The third-order valence-corrected chi connectivity index (χ3v) is 7.71. The van der Waals surface area contributed by atoms with E-state index in [0.29, 0.717) is 12.8 Å². The van der Waals surface area contributed by atoms with Gasteiger partial charge in [0.1, 0.15) is 18.0 Å². The number of carbonyl (C=O) groups excluding carboxylic acids is 3. The molecule has 2 saturated heterocycles. The van der Waals surface area contributed by atoms with E-state index < -0.39 is 40.8 Å². The number of fused-ring (bicyclic) bond motifs is 1. The fourth-order valence-corrected chi connectivity index (χ4v) is 6.37. The Labute approximate surface area is 156 Å². The second-order valence-electron chi connectivity index (χ2n) is 8.58. The molecular weight excluding hydrogens is 352 g/mol. The highest BCUT2D eigenvalue weighted by Crippen LogP contribution is 2.68. The number of Topliss-reactive ketones (excluding diaryl/α,β-unsaturated/α-hetero) is 1. The molecule has 4 fully saturated rings. The molecule has 0 radical (unpaired) electrons. The van der Waals surface area contributed by atoms with E-state index in [0.717, 1.165) is 5.56 Å². The fourth-order valence-electron chi connectivity index (χ4n) is 6.37. The average Bonchev–Trinajstić information content (AvgIpc) is 3.33. The van der Waals surface area contributed by atoms with Gasteiger partial charge < -0.3 is 19.0 Å². The second kappa shape index (κ2) is 5.44. The summed E-state index contributed by atoms with van der Waals surface area (Å²) in [7, 11) is 0. The maximum Gasteiger partial charge on any atom is 0.313 e. The number of aliphatic hydroxyl groups excluding tert-OH is 1. The first-order valence-corrected chi connectivity index (χ1v) is 9.49. The Bertz CT molecular complexity index is 814. The van der Waals surface area contributed by atoms with Crippen molar-refractivity contribution in [3.8, 4) is 0 Å². The van der Waals surface area contributed by atoms with E-state index in [1.54, 1.807) is 12.3 Å². The zero-order valence-corrected chi connectivity index (χ0v) is 15.1. The van der Waals surface area contributed by atoms with Gasteiger partial charge in [-0.3, -0.25) is 14.4 Å². The van der Waals surface area contributed by atoms with Gasteiger partial charge >= 0.3 is 11.9 Å². The number of hydrogen-bond acceptors (Lipinski definition) is 7. The van der Waals surface area contributed by atoms with E-state index in [1.807, 2.05) is 6.92 Å². The van der Waals surface area contributed by atoms with E-state index in [-0.39, 0.29) is 37.1 Å². The highest BCUT2D eigenvalue weighted by atomic mass is 16.6. The number of carbonyl (C=O) groups is 3. The van der Waals surface area contributed by atoms with Crippen LogP contribution in [0.15, 0.2) is 23.0 Å². The molecule has 0 amide bonds. The molecule has 27 heavy (non-hydrogen) atoms. The van der Waals surface area contributed by atoms with Crippen molar-refractivity contribution >= 4 is 17.7 Å². The van der Waals surface area contributed by atoms with Gasteiger partial charge in [-0.15, -0.1) is 0 Å². The molecular formula is C20H22O7. The van der Waals surface area contributed by atoms with Crippen molar-refractivity contribution in [2.75, 3.05) is 6.61 Å². The van der Waals surface area contributed by atoms with Crippen LogP contribution in [0.2, 0.25) is 0 Å². The predicted octanol–water partition coefficient (Wildman–Crippen LogP) is 1.79. The number of rotatable bonds is 2. The molecule has 7 atom stereocenters. The topological polar surface area (TPSA) is 103 Å². The van der Waals surface area contributed by atoms with E-state index in [9.17, 15) is 19.5 Å². The Balaban J connectivity index is 1.64. The first kappa shape index (κ1) is 17.0. The van der Waals surface area contributed by atoms with Gasteiger partial charge in [0.15, 0.2) is 0 Å². The van der Waals surface area contributed by atoms with Crippen molar-refractivity contribution < 1.29 is 33.4 Å². The average molecular weight is 374 g/mol. The van der Waals surface area contributed by atoms with Crippen LogP contribution in [-0.2, 0) is 23.9 Å². The van der Waals surface area contributed by atoms with Crippen molar-refractivity contribution in [2.24, 2.45) is 28.6 Å². The van der Waals surface area contributed by atoms with Crippen molar-refractivity contribution in [3.63, 3.8) is 0 Å². The second-order valence-corrected chi connectivity index (χ2v) is 8.58. The van der Waals surface area contributed by atoms with Gasteiger partial charge in [0.25, 0.3) is 0 Å². The van der Waals surface area contributed by atoms with Gasteiger partial charge in [0.2, 0.25) is 0 Å². The third-order valence-electron chi connectivity index (χ3n) is 7.71. The van der Waals surface area contributed by atoms with Gasteiger partial charge in [-0.2, -0.15) is 0 Å². The first-order valence-electron chi connectivity index (χ1n) is 9.49. The molecule has 1 aromatic rings. The molecule has 0 aromatic carbocycles. The van der Waals surface area contributed by atoms with E-state index in [1.165, 1.54) is 6.26 Å². The number of ether oxygens (including phenoxy) is 2. The lowest BCUT2D eigenvalue weighted by Crippen LogP contribution is -2.63. The molecule has 7 nitrogen and oxygen atoms in total. The number of esters is 2. The summed E-state index contributed by atoms with van der Waals surface area (Å²) in [6.45, 7) is 1.69. The summed E-state index contributed by atoms with van der Waals surface area (Å²) < 4.78 is 16.5. The van der Waals surface area contributed by atoms with Crippen LogP contribution in [0.1, 0.15) is 44.3 Å². The lowest BCUT2D eigenvalue weighted by atomic mass is 9.43. The highest BCUT2D eigenvalue weighted by molar-refractivity contribution is 5.90. The summed E-state index contributed by atoms with van der Waals surface area (Å²) in [6, 6.07) is 1.77. The molecule has 4 aliphatic rings. The first-order chi connectivity index (χ1) is 12.9. The Morgan fingerprint density at radius 3 is 2.74 bits per heavy atom. The van der Waals surface area contributed by atoms with Crippen molar-refractivity contribution in [2.45, 2.75) is 44.8 Å². The van der Waals surface area contributed by atoms with Gasteiger partial charge in [-0.25, -0.2) is 0 Å². The third kappa shape index (κ3) is 1.93. The largest absolute Gasteiger partial charge is 0.472 e. The summed E-state index contributed by atoms with van der Waals surface area (Å²) in [6.07, 6.45) is 3.35. The molecule has 1 N–H and O–H groups in total. The highest BCUT2D eigenvalue weighted by Gasteiger charge is 2.75. The standard InChI is InChI=1S/C20H22O7/c1-10-4-16-20(9-21)13(17(23)27-16)5-12(22)6-15(20)19(10)7-14(26-18(19)24)11-2-3-25-8-11/h2-3,8,10,13-16,21H,4-7,9H2,1H3. The predicted molar refractivity (Wildman–Crippen MR) is 89.0 cm³/mol. The molecule has 7 heteroatoms. The molecule has 1 aromatic heterocycles. The summed E-state index contributed by atoms with van der Waals surface area (Å²) in [4.78, 5) is 38.2. The van der Waals surface area contributed by atoms with Crippen LogP contribution in [0.5, 0.6) is 0 Å². The lowest BCUT2D eigenvalue weighted by molar-refractivity contribution is -0.185. The minimum atomic E-state index is -0.913. The molecule has 7 unspecified atom stereocenters. The van der Waals surface area contributed by atoms with Crippen LogP contribution in [0.25, 0.3) is 0 Å². The number of aliphatic hydroxyl groups is 1. The van der Waals surface area contributed by atoms with Crippen LogP contribution < -0.4 is 0 Å². The maximum absolute atomic E-state index is 13.2. The Hall–Kier alpha value is -2.15. The summed E-state index contributed by atoms with van der Waals surface area (Å²) in [5.74, 6) is -2.09. The molecule has 3 heterocycles. The minimum Gasteiger partial charge on any atom is -0.472 e. The monoisotopic (exact) mass is 374 g/mol. The Kier molecular flexibility index (Phi) is 3.42. The number of cyclic esters (lactones) is 1. The molecule has 2 saturated carbocycles. The lowest BCUT2D eigenvalue weighted by Gasteiger charge is -2.56. The van der Waals surface area contributed by atoms with Gasteiger partial charge in [0, 0.05) is 30.2 Å². The summed E-state index contributed by atoms with van der Waals surface area (Å²) in [5.41, 5.74) is -1.02. The van der Waals surface area contributed by atoms with Crippen LogP contribution in [0.4, 0.5) is 0 Å². The zero-order chi connectivity index (χ0) is 19.0. The Morgan fingerprint density at radius 1 is 1.22 bits per heavy atom.